The number of nitrogens with one attached hydrogen (secondary N) is 1. The maximum absolute atomic E-state index is 12.5. The van der Waals surface area contributed by atoms with Crippen LogP contribution in [0.2, 0.25) is 0 Å². The number of nitrogens with zero attached hydrogens (tertiary/aromatic N) is 3. The molecule has 1 aliphatic rings. The Bertz CT molecular complexity index is 869. The monoisotopic (exact) mass is 406 g/mol. The van der Waals surface area contributed by atoms with Gasteiger partial charge in [0.2, 0.25) is 10.0 Å². The standard InChI is InChI=1S/C19H26N4O4S/c1-3-23(4-2)28(25,26)16-7-8-18(20-14-16)21-15-9-11-22(12-10-15)19(24)17-6-5-13-27-17/h5-8,13-15H,3-4,9-12H2,1-2H3,(H,20,21). The van der Waals surface area contributed by atoms with Crippen molar-refractivity contribution in [3.8, 4) is 0 Å². The summed E-state index contributed by atoms with van der Waals surface area (Å²) in [6, 6.07) is 6.83. The van der Waals surface area contributed by atoms with Crippen LogP contribution in [0, 0.1) is 0 Å². The van der Waals surface area contributed by atoms with Gasteiger partial charge in [-0.25, -0.2) is 13.4 Å². The van der Waals surface area contributed by atoms with Crippen molar-refractivity contribution in [2.45, 2.75) is 37.6 Å². The normalized spacial score (nSPS) is 15.8. The first-order chi connectivity index (χ1) is 13.5. The molecule has 1 aliphatic heterocycles. The van der Waals surface area contributed by atoms with E-state index in [0.29, 0.717) is 37.8 Å². The maximum atomic E-state index is 12.5. The van der Waals surface area contributed by atoms with E-state index in [1.54, 1.807) is 29.2 Å². The van der Waals surface area contributed by atoms with Gasteiger partial charge in [0.25, 0.3) is 5.91 Å². The number of anilines is 1. The first kappa shape index (κ1) is 20.3. The Hall–Kier alpha value is -2.39. The highest BCUT2D eigenvalue weighted by Crippen LogP contribution is 2.20. The zero-order valence-corrected chi connectivity index (χ0v) is 17.0. The van der Waals surface area contributed by atoms with E-state index in [0.717, 1.165) is 12.8 Å². The van der Waals surface area contributed by atoms with E-state index in [4.69, 9.17) is 4.42 Å². The maximum Gasteiger partial charge on any atom is 0.289 e. The molecule has 152 valence electrons. The summed E-state index contributed by atoms with van der Waals surface area (Å²) in [6.07, 6.45) is 4.46. The SMILES string of the molecule is CCN(CC)S(=O)(=O)c1ccc(NC2CCN(C(=O)c3ccco3)CC2)nc1. The molecule has 0 radical (unpaired) electrons. The molecule has 3 rings (SSSR count). The minimum atomic E-state index is -3.50. The molecule has 1 N–H and O–H groups in total. The van der Waals surface area contributed by atoms with Crippen LogP contribution < -0.4 is 5.32 Å². The van der Waals surface area contributed by atoms with Crippen LogP contribution in [0.3, 0.4) is 0 Å². The molecule has 2 aromatic heterocycles. The summed E-state index contributed by atoms with van der Waals surface area (Å²) in [7, 11) is -3.50. The number of carbonyl (C=O) groups is 1. The second kappa shape index (κ2) is 8.74. The van der Waals surface area contributed by atoms with Crippen molar-refractivity contribution in [3.05, 3.63) is 42.5 Å². The van der Waals surface area contributed by atoms with Gasteiger partial charge in [-0.2, -0.15) is 4.31 Å². The van der Waals surface area contributed by atoms with E-state index in [-0.39, 0.29) is 16.8 Å². The quantitative estimate of drug-likeness (QED) is 0.759. The lowest BCUT2D eigenvalue weighted by molar-refractivity contribution is 0.0686. The minimum absolute atomic E-state index is 0.0902. The van der Waals surface area contributed by atoms with E-state index in [9.17, 15) is 13.2 Å². The number of rotatable bonds is 7. The zero-order chi connectivity index (χ0) is 20.1. The fraction of sp³-hybridized carbons (Fsp3) is 0.474. The lowest BCUT2D eigenvalue weighted by atomic mass is 10.0. The number of likely N-dealkylation sites (tertiary alicyclic amines) is 1. The third-order valence-corrected chi connectivity index (χ3v) is 6.98. The van der Waals surface area contributed by atoms with Gasteiger partial charge in [0.1, 0.15) is 10.7 Å². The Balaban J connectivity index is 1.56. The third-order valence-electron chi connectivity index (χ3n) is 4.95. The molecule has 0 aliphatic carbocycles. The minimum Gasteiger partial charge on any atom is -0.459 e. The van der Waals surface area contributed by atoms with Crippen LogP contribution in [0.1, 0.15) is 37.2 Å². The topological polar surface area (TPSA) is 95.8 Å². The molecule has 1 saturated heterocycles. The lowest BCUT2D eigenvalue weighted by Crippen LogP contribution is -2.42. The Morgan fingerprint density at radius 2 is 1.96 bits per heavy atom. The van der Waals surface area contributed by atoms with E-state index < -0.39 is 10.0 Å². The van der Waals surface area contributed by atoms with Crippen molar-refractivity contribution >= 4 is 21.7 Å². The van der Waals surface area contributed by atoms with E-state index in [1.165, 1.54) is 16.8 Å². The Morgan fingerprint density at radius 1 is 1.25 bits per heavy atom. The predicted octanol–water partition coefficient (Wildman–Crippen LogP) is 2.42. The number of piperidine rings is 1. The fourth-order valence-electron chi connectivity index (χ4n) is 3.32. The molecule has 9 heteroatoms. The van der Waals surface area contributed by atoms with Crippen LogP contribution in [0.25, 0.3) is 0 Å². The second-order valence-corrected chi connectivity index (χ2v) is 8.59. The molecule has 1 amide bonds. The molecule has 2 aromatic rings. The molecule has 1 fully saturated rings. The number of hydrogen-bond acceptors (Lipinski definition) is 6. The Morgan fingerprint density at radius 3 is 2.50 bits per heavy atom. The van der Waals surface area contributed by atoms with Gasteiger partial charge in [-0.05, 0) is 37.1 Å². The number of amides is 1. The molecule has 3 heterocycles. The smallest absolute Gasteiger partial charge is 0.289 e. The van der Waals surface area contributed by atoms with Gasteiger partial charge < -0.3 is 14.6 Å². The number of furan rings is 1. The van der Waals surface area contributed by atoms with Gasteiger partial charge in [0, 0.05) is 38.4 Å². The van der Waals surface area contributed by atoms with Crippen LogP contribution in [0.5, 0.6) is 0 Å². The molecule has 0 unspecified atom stereocenters. The Labute approximate surface area is 165 Å². The molecule has 8 nitrogen and oxygen atoms in total. The van der Waals surface area contributed by atoms with Crippen LogP contribution in [-0.4, -0.2) is 60.7 Å². The van der Waals surface area contributed by atoms with Crippen molar-refractivity contribution in [1.29, 1.82) is 0 Å². The number of aromatic nitrogens is 1. The fourth-order valence-corrected chi connectivity index (χ4v) is 4.73. The molecule has 28 heavy (non-hydrogen) atoms. The van der Waals surface area contributed by atoms with Crippen molar-refractivity contribution in [2.75, 3.05) is 31.5 Å². The van der Waals surface area contributed by atoms with E-state index in [1.807, 2.05) is 13.8 Å². The Kier molecular flexibility index (Phi) is 6.35. The third kappa shape index (κ3) is 4.36. The van der Waals surface area contributed by atoms with Crippen LogP contribution in [0.4, 0.5) is 5.82 Å². The van der Waals surface area contributed by atoms with Gasteiger partial charge in [-0.3, -0.25) is 4.79 Å². The summed E-state index contributed by atoms with van der Waals surface area (Å²) in [5, 5.41) is 3.33. The summed E-state index contributed by atoms with van der Waals surface area (Å²) in [5.74, 6) is 0.903. The summed E-state index contributed by atoms with van der Waals surface area (Å²) < 4.78 is 31.6. The number of carbonyl (C=O) groups excluding carboxylic acids is 1. The molecule has 0 spiro atoms. The van der Waals surface area contributed by atoms with Crippen molar-refractivity contribution in [1.82, 2.24) is 14.2 Å². The van der Waals surface area contributed by atoms with Crippen molar-refractivity contribution in [3.63, 3.8) is 0 Å². The molecule has 0 bridgehead atoms. The average molecular weight is 407 g/mol. The summed E-state index contributed by atoms with van der Waals surface area (Å²) >= 11 is 0. The molecular weight excluding hydrogens is 380 g/mol. The highest BCUT2D eigenvalue weighted by Gasteiger charge is 2.26. The highest BCUT2D eigenvalue weighted by atomic mass is 32.2. The molecule has 0 saturated carbocycles. The van der Waals surface area contributed by atoms with E-state index in [2.05, 4.69) is 10.3 Å². The predicted molar refractivity (Wildman–Crippen MR) is 106 cm³/mol. The lowest BCUT2D eigenvalue weighted by Gasteiger charge is -2.32. The first-order valence-electron chi connectivity index (χ1n) is 9.51. The van der Waals surface area contributed by atoms with Gasteiger partial charge in [-0.15, -0.1) is 0 Å². The molecule has 0 atom stereocenters. The average Bonchev–Trinajstić information content (AvgIpc) is 3.24. The van der Waals surface area contributed by atoms with Gasteiger partial charge in [0.15, 0.2) is 5.76 Å². The first-order valence-corrected chi connectivity index (χ1v) is 10.9. The van der Waals surface area contributed by atoms with Crippen molar-refractivity contribution < 1.29 is 17.6 Å². The van der Waals surface area contributed by atoms with Gasteiger partial charge in [-0.1, -0.05) is 13.8 Å². The summed E-state index contributed by atoms with van der Waals surface area (Å²) in [6.45, 7) is 5.74. The van der Waals surface area contributed by atoms with Crippen LogP contribution in [-0.2, 0) is 10.0 Å². The zero-order valence-electron chi connectivity index (χ0n) is 16.2. The van der Waals surface area contributed by atoms with Crippen LogP contribution >= 0.6 is 0 Å². The summed E-state index contributed by atoms with van der Waals surface area (Å²) in [5.41, 5.74) is 0. The van der Waals surface area contributed by atoms with Gasteiger partial charge in [0.05, 0.1) is 6.26 Å². The molecule has 0 aromatic carbocycles. The molecular formula is C19H26N4O4S. The summed E-state index contributed by atoms with van der Waals surface area (Å²) in [4.78, 5) is 18.5. The second-order valence-electron chi connectivity index (χ2n) is 6.66. The number of pyridine rings is 1. The number of sulfonamides is 1. The number of hydrogen-bond donors (Lipinski definition) is 1. The van der Waals surface area contributed by atoms with Crippen molar-refractivity contribution in [2.24, 2.45) is 0 Å². The van der Waals surface area contributed by atoms with Gasteiger partial charge >= 0.3 is 0 Å². The highest BCUT2D eigenvalue weighted by molar-refractivity contribution is 7.89. The van der Waals surface area contributed by atoms with Crippen LogP contribution in [0.15, 0.2) is 46.0 Å². The van der Waals surface area contributed by atoms with E-state index >= 15 is 0 Å². The largest absolute Gasteiger partial charge is 0.459 e.